The zero-order valence-electron chi connectivity index (χ0n) is 15.4. The van der Waals surface area contributed by atoms with Crippen molar-refractivity contribution < 1.29 is 47.5 Å². The number of halogens is 4. The van der Waals surface area contributed by atoms with E-state index in [1.807, 2.05) is 0 Å². The largest absolute Gasteiger partial charge is 0.482 e. The average Bonchev–Trinajstić information content (AvgIpc) is 2.97. The molecule has 0 saturated carbocycles. The molecule has 0 fully saturated rings. The summed E-state index contributed by atoms with van der Waals surface area (Å²) in [5, 5.41) is 33.5. The number of rotatable bonds is 8. The lowest BCUT2D eigenvalue weighted by Crippen LogP contribution is -2.50. The van der Waals surface area contributed by atoms with Gasteiger partial charge in [0.05, 0.1) is 42.3 Å². The van der Waals surface area contributed by atoms with Gasteiger partial charge in [-0.15, -0.1) is 0 Å². The van der Waals surface area contributed by atoms with Crippen molar-refractivity contribution in [3.63, 3.8) is 0 Å². The van der Waals surface area contributed by atoms with Gasteiger partial charge in [0.25, 0.3) is 0 Å². The van der Waals surface area contributed by atoms with E-state index in [1.54, 1.807) is 0 Å². The lowest BCUT2D eigenvalue weighted by Gasteiger charge is -2.20. The monoisotopic (exact) mass is 460 g/mol. The molecular weight excluding hydrogens is 441 g/mol. The van der Waals surface area contributed by atoms with E-state index in [4.69, 9.17) is 42.2 Å². The number of carbonyl (C=O) groups is 1. The van der Waals surface area contributed by atoms with Crippen LogP contribution in [0, 0.1) is 0 Å². The molecule has 0 spiro atoms. The summed E-state index contributed by atoms with van der Waals surface area (Å²) in [7, 11) is 0. The molecule has 14 heteroatoms. The van der Waals surface area contributed by atoms with Gasteiger partial charge in [-0.1, -0.05) is 11.6 Å². The number of carboxylic acid groups (broad SMARTS) is 1. The fourth-order valence-corrected chi connectivity index (χ4v) is 2.12. The molecule has 0 radical (unpaired) electrons. The molecule has 0 atom stereocenters. The second-order valence-electron chi connectivity index (χ2n) is 6.15. The molecule has 0 aliphatic rings. The van der Waals surface area contributed by atoms with Crippen molar-refractivity contribution in [2.75, 3.05) is 26.4 Å². The Bertz CT molecular complexity index is 900. The highest BCUT2D eigenvalue weighted by atomic mass is 35.5. The average molecular weight is 461 g/mol. The van der Waals surface area contributed by atoms with Gasteiger partial charge in [0, 0.05) is 12.6 Å². The van der Waals surface area contributed by atoms with Gasteiger partial charge < -0.3 is 35.3 Å². The Kier molecular flexibility index (Phi) is 9.11. The summed E-state index contributed by atoms with van der Waals surface area (Å²) in [6, 6.07) is 2.25. The standard InChI is InChI=1S/C12H9ClF3NO5.C4H11NO3/c13-6-3-7-9(4-8(6)21-5-12(14,15)16)22-11(20)17(7)2-1-10(18)19;5-4(1-6,2-7)3-8/h3-4H,1-2,5H2,(H,18,19);6-8H,1-3,5H2. The van der Waals surface area contributed by atoms with Crippen LogP contribution in [0.5, 0.6) is 5.75 Å². The van der Waals surface area contributed by atoms with Crippen LogP contribution in [-0.4, -0.2) is 69.1 Å². The Labute approximate surface area is 171 Å². The predicted molar refractivity (Wildman–Crippen MR) is 97.5 cm³/mol. The number of benzene rings is 1. The van der Waals surface area contributed by atoms with Gasteiger partial charge in [-0.3, -0.25) is 9.36 Å². The number of aliphatic hydroxyl groups excluding tert-OH is 3. The summed E-state index contributed by atoms with van der Waals surface area (Å²) in [6.45, 7) is -2.90. The number of nitrogens with zero attached hydrogens (tertiary/aromatic N) is 1. The van der Waals surface area contributed by atoms with Gasteiger partial charge in [-0.05, 0) is 6.07 Å². The van der Waals surface area contributed by atoms with Crippen LogP contribution in [0.4, 0.5) is 13.2 Å². The molecule has 0 saturated heterocycles. The molecule has 0 unspecified atom stereocenters. The van der Waals surface area contributed by atoms with Gasteiger partial charge in [0.1, 0.15) is 5.75 Å². The number of carboxylic acids is 1. The van der Waals surface area contributed by atoms with E-state index >= 15 is 0 Å². The van der Waals surface area contributed by atoms with E-state index in [2.05, 4.69) is 4.74 Å². The van der Waals surface area contributed by atoms with Crippen molar-refractivity contribution in [3.8, 4) is 5.75 Å². The Balaban J connectivity index is 0.000000479. The Morgan fingerprint density at radius 1 is 1.20 bits per heavy atom. The first kappa shape index (κ1) is 25.7. The minimum atomic E-state index is -4.54. The molecule has 0 bridgehead atoms. The fourth-order valence-electron chi connectivity index (χ4n) is 1.90. The van der Waals surface area contributed by atoms with Crippen molar-refractivity contribution >= 4 is 28.7 Å². The van der Waals surface area contributed by atoms with E-state index in [9.17, 15) is 22.8 Å². The number of ether oxygens (including phenoxy) is 1. The van der Waals surface area contributed by atoms with Crippen LogP contribution in [0.3, 0.4) is 0 Å². The molecule has 10 nitrogen and oxygen atoms in total. The van der Waals surface area contributed by atoms with E-state index in [0.717, 1.165) is 10.6 Å². The summed E-state index contributed by atoms with van der Waals surface area (Å²) in [4.78, 5) is 22.2. The molecule has 1 heterocycles. The second-order valence-corrected chi connectivity index (χ2v) is 6.56. The number of hydrogen-bond acceptors (Lipinski definition) is 8. The molecule has 0 aliphatic heterocycles. The quantitative estimate of drug-likeness (QED) is 0.372. The Hall–Kier alpha value is -2.32. The van der Waals surface area contributed by atoms with Gasteiger partial charge in [0.15, 0.2) is 12.2 Å². The lowest BCUT2D eigenvalue weighted by atomic mass is 10.1. The highest BCUT2D eigenvalue weighted by molar-refractivity contribution is 6.32. The van der Waals surface area contributed by atoms with E-state index in [-0.39, 0.29) is 34.8 Å². The SMILES string of the molecule is NC(CO)(CO)CO.O=C(O)CCn1c(=O)oc2cc(OCC(F)(F)F)c(Cl)cc21. The van der Waals surface area contributed by atoms with Gasteiger partial charge in [-0.2, -0.15) is 13.2 Å². The third-order valence-corrected chi connectivity index (χ3v) is 3.90. The molecule has 1 aromatic carbocycles. The summed E-state index contributed by atoms with van der Waals surface area (Å²) >= 11 is 5.81. The second kappa shape index (κ2) is 10.6. The molecule has 0 aliphatic carbocycles. The Morgan fingerprint density at radius 3 is 2.20 bits per heavy atom. The molecular formula is C16H20ClF3N2O8. The lowest BCUT2D eigenvalue weighted by molar-refractivity contribution is -0.153. The molecule has 30 heavy (non-hydrogen) atoms. The van der Waals surface area contributed by atoms with Crippen LogP contribution in [0.1, 0.15) is 6.42 Å². The fraction of sp³-hybridized carbons (Fsp3) is 0.500. The summed E-state index contributed by atoms with van der Waals surface area (Å²) < 4.78 is 46.8. The number of aromatic nitrogens is 1. The van der Waals surface area contributed by atoms with Gasteiger partial charge >= 0.3 is 17.9 Å². The topological polar surface area (TPSA) is 168 Å². The molecule has 170 valence electrons. The van der Waals surface area contributed by atoms with Crippen LogP contribution in [0.15, 0.2) is 21.3 Å². The molecule has 1 aromatic heterocycles. The number of aliphatic hydroxyl groups is 3. The van der Waals surface area contributed by atoms with Crippen molar-refractivity contribution in [1.82, 2.24) is 4.57 Å². The Morgan fingerprint density at radius 2 is 1.77 bits per heavy atom. The molecule has 2 rings (SSSR count). The first-order valence-electron chi connectivity index (χ1n) is 8.21. The minimum absolute atomic E-state index is 0.0445. The number of hydrogen-bond donors (Lipinski definition) is 5. The zero-order chi connectivity index (χ0) is 23.1. The third kappa shape index (κ3) is 7.50. The van der Waals surface area contributed by atoms with Crippen LogP contribution in [0.2, 0.25) is 5.02 Å². The third-order valence-electron chi connectivity index (χ3n) is 3.61. The smallest absolute Gasteiger partial charge is 0.422 e. The van der Waals surface area contributed by atoms with E-state index in [0.29, 0.717) is 0 Å². The maximum Gasteiger partial charge on any atom is 0.422 e. The number of oxazole rings is 1. The number of aryl methyl sites for hydroxylation is 1. The van der Waals surface area contributed by atoms with Crippen LogP contribution >= 0.6 is 11.6 Å². The van der Waals surface area contributed by atoms with Crippen LogP contribution in [0.25, 0.3) is 11.1 Å². The molecule has 2 aromatic rings. The van der Waals surface area contributed by atoms with E-state index in [1.165, 1.54) is 6.07 Å². The number of fused-ring (bicyclic) bond motifs is 1. The first-order valence-corrected chi connectivity index (χ1v) is 8.59. The zero-order valence-corrected chi connectivity index (χ0v) is 16.1. The van der Waals surface area contributed by atoms with Crippen molar-refractivity contribution in [2.24, 2.45) is 5.73 Å². The van der Waals surface area contributed by atoms with Crippen molar-refractivity contribution in [3.05, 3.63) is 27.7 Å². The minimum Gasteiger partial charge on any atom is -0.482 e. The molecule has 6 N–H and O–H groups in total. The van der Waals surface area contributed by atoms with Crippen LogP contribution in [-0.2, 0) is 11.3 Å². The van der Waals surface area contributed by atoms with Gasteiger partial charge in [0.2, 0.25) is 0 Å². The summed E-state index contributed by atoms with van der Waals surface area (Å²) in [6.07, 6.45) is -4.86. The van der Waals surface area contributed by atoms with E-state index < -0.39 is 49.9 Å². The first-order chi connectivity index (χ1) is 13.9. The van der Waals surface area contributed by atoms with Crippen molar-refractivity contribution in [1.29, 1.82) is 0 Å². The summed E-state index contributed by atoms with van der Waals surface area (Å²) in [5.74, 6) is -2.23. The number of nitrogens with two attached hydrogens (primary N) is 1. The summed E-state index contributed by atoms with van der Waals surface area (Å²) in [5.41, 5.74) is 4.07. The maximum atomic E-state index is 12.1. The van der Waals surface area contributed by atoms with Gasteiger partial charge in [-0.25, -0.2) is 4.79 Å². The maximum absolute atomic E-state index is 12.1. The molecule has 0 amide bonds. The number of alkyl halides is 3. The predicted octanol–water partition coefficient (Wildman–Crippen LogP) is 0.324. The van der Waals surface area contributed by atoms with Crippen molar-refractivity contribution in [2.45, 2.75) is 24.7 Å². The van der Waals surface area contributed by atoms with Crippen LogP contribution < -0.4 is 16.2 Å². The normalized spacial score (nSPS) is 11.9. The highest BCUT2D eigenvalue weighted by Crippen LogP contribution is 2.31. The highest BCUT2D eigenvalue weighted by Gasteiger charge is 2.29. The number of aliphatic carboxylic acids is 1.